The number of carbonyl (C=O) groups is 1. The van der Waals surface area contributed by atoms with Crippen LogP contribution in [0, 0.1) is 0 Å². The van der Waals surface area contributed by atoms with Crippen LogP contribution in [0.4, 0.5) is 11.4 Å². The minimum absolute atomic E-state index is 0.0915. The second-order valence-electron chi connectivity index (χ2n) is 9.29. The van der Waals surface area contributed by atoms with Crippen LogP contribution in [0.5, 0.6) is 0 Å². The third-order valence-electron chi connectivity index (χ3n) is 7.05. The van der Waals surface area contributed by atoms with E-state index in [1.54, 1.807) is 0 Å². The molecule has 0 radical (unpaired) electrons. The van der Waals surface area contributed by atoms with Gasteiger partial charge in [0.15, 0.2) is 0 Å². The molecule has 0 unspecified atom stereocenters. The van der Waals surface area contributed by atoms with Crippen molar-refractivity contribution in [2.45, 2.75) is 50.2 Å². The second-order valence-corrected chi connectivity index (χ2v) is 10.7. The zero-order valence-electron chi connectivity index (χ0n) is 17.7. The van der Waals surface area contributed by atoms with Crippen LogP contribution in [0.3, 0.4) is 0 Å². The lowest BCUT2D eigenvalue weighted by molar-refractivity contribution is -0.122. The van der Waals surface area contributed by atoms with Crippen molar-refractivity contribution in [1.82, 2.24) is 4.90 Å². The fraction of sp³-hybridized carbons (Fsp3) is 0.480. The van der Waals surface area contributed by atoms with Crippen LogP contribution in [0.15, 0.2) is 42.5 Å². The van der Waals surface area contributed by atoms with E-state index in [4.69, 9.17) is 11.6 Å². The Morgan fingerprint density at radius 3 is 2.61 bits per heavy atom. The summed E-state index contributed by atoms with van der Waals surface area (Å²) in [7, 11) is 0. The van der Waals surface area contributed by atoms with E-state index >= 15 is 0 Å². The summed E-state index contributed by atoms with van der Waals surface area (Å²) in [6.45, 7) is 2.45. The molecule has 4 nitrogen and oxygen atoms in total. The molecule has 0 spiro atoms. The normalized spacial score (nSPS) is 23.8. The molecule has 2 heterocycles. The number of thioether (sulfide) groups is 1. The molecule has 2 aliphatic carbocycles. The number of rotatable bonds is 5. The molecule has 3 fully saturated rings. The van der Waals surface area contributed by atoms with Gasteiger partial charge in [0.05, 0.1) is 17.4 Å². The van der Waals surface area contributed by atoms with Crippen molar-refractivity contribution in [2.75, 3.05) is 34.5 Å². The molecule has 2 aromatic rings. The summed E-state index contributed by atoms with van der Waals surface area (Å²) in [5, 5.41) is 0.816. The lowest BCUT2D eigenvalue weighted by Gasteiger charge is -2.39. The number of anilines is 2. The molecule has 1 atom stereocenters. The Hall–Kier alpha value is -1.69. The maximum Gasteiger partial charge on any atom is 0.245 e. The number of para-hydroxylation sites is 2. The largest absolute Gasteiger partial charge is 0.365 e. The van der Waals surface area contributed by atoms with E-state index in [1.807, 2.05) is 22.7 Å². The smallest absolute Gasteiger partial charge is 0.245 e. The van der Waals surface area contributed by atoms with Crippen LogP contribution < -0.4 is 9.80 Å². The fourth-order valence-electron chi connectivity index (χ4n) is 5.02. The van der Waals surface area contributed by atoms with Gasteiger partial charge in [-0.25, -0.2) is 0 Å². The van der Waals surface area contributed by atoms with Crippen LogP contribution in [0.1, 0.15) is 42.7 Å². The number of halogens is 1. The van der Waals surface area contributed by atoms with E-state index in [0.29, 0.717) is 12.0 Å². The molecule has 31 heavy (non-hydrogen) atoms. The average Bonchev–Trinajstić information content (AvgIpc) is 3.72. The number of benzene rings is 2. The van der Waals surface area contributed by atoms with Gasteiger partial charge >= 0.3 is 0 Å². The van der Waals surface area contributed by atoms with Crippen LogP contribution in [-0.2, 0) is 11.3 Å². The molecule has 162 valence electrons. The van der Waals surface area contributed by atoms with Gasteiger partial charge in [0.2, 0.25) is 5.91 Å². The summed E-state index contributed by atoms with van der Waals surface area (Å²) in [5.74, 6) is 2.68. The van der Waals surface area contributed by atoms with Crippen molar-refractivity contribution in [3.63, 3.8) is 0 Å². The Labute approximate surface area is 193 Å². The van der Waals surface area contributed by atoms with Crippen molar-refractivity contribution in [2.24, 2.45) is 0 Å². The van der Waals surface area contributed by atoms with Crippen molar-refractivity contribution < 1.29 is 4.79 Å². The molecular weight excluding hydrogens is 426 g/mol. The SMILES string of the molecule is O=C([C@@H]1CSCN1Cc1cc(C2CC2)ccc1Cl)N1CCN(C2CC2)c2ccccc21. The number of hydrogen-bond acceptors (Lipinski definition) is 4. The van der Waals surface area contributed by atoms with Gasteiger partial charge in [0.1, 0.15) is 0 Å². The third-order valence-corrected chi connectivity index (χ3v) is 8.49. The number of carbonyl (C=O) groups excluding carboxylic acids is 1. The number of nitrogens with zero attached hydrogens (tertiary/aromatic N) is 3. The molecule has 0 bridgehead atoms. The summed E-state index contributed by atoms with van der Waals surface area (Å²) in [5.41, 5.74) is 4.86. The lowest BCUT2D eigenvalue weighted by Crippen LogP contribution is -2.52. The molecule has 0 aromatic heterocycles. The van der Waals surface area contributed by atoms with Crippen molar-refractivity contribution in [1.29, 1.82) is 0 Å². The van der Waals surface area contributed by atoms with E-state index < -0.39 is 0 Å². The van der Waals surface area contributed by atoms with Gasteiger partial charge in [-0.3, -0.25) is 9.69 Å². The Morgan fingerprint density at radius 1 is 1.03 bits per heavy atom. The van der Waals surface area contributed by atoms with Crippen LogP contribution in [-0.4, -0.2) is 47.6 Å². The first-order valence-electron chi connectivity index (χ1n) is 11.5. The number of fused-ring (bicyclic) bond motifs is 1. The van der Waals surface area contributed by atoms with Gasteiger partial charge in [-0.05, 0) is 60.9 Å². The highest BCUT2D eigenvalue weighted by Gasteiger charge is 2.40. The predicted octanol–water partition coefficient (Wildman–Crippen LogP) is 5.11. The lowest BCUT2D eigenvalue weighted by atomic mass is 10.1. The highest BCUT2D eigenvalue weighted by atomic mass is 35.5. The summed E-state index contributed by atoms with van der Waals surface area (Å²) < 4.78 is 0. The standard InChI is InChI=1S/C25H28ClN3OS/c26-21-10-7-18(17-5-6-17)13-19(21)14-27-16-31-15-24(27)25(30)29-12-11-28(20-8-9-20)22-3-1-2-4-23(22)29/h1-4,7,10,13,17,20,24H,5-6,8-9,11-12,14-16H2/t24-/m0/s1. The van der Waals surface area contributed by atoms with Gasteiger partial charge in [-0.2, -0.15) is 0 Å². The molecular formula is C25H28ClN3OS. The van der Waals surface area contributed by atoms with E-state index in [-0.39, 0.29) is 11.9 Å². The quantitative estimate of drug-likeness (QED) is 0.628. The maximum atomic E-state index is 13.7. The van der Waals surface area contributed by atoms with Crippen molar-refractivity contribution >= 4 is 40.6 Å². The van der Waals surface area contributed by atoms with E-state index in [0.717, 1.165) is 47.5 Å². The van der Waals surface area contributed by atoms with Gasteiger partial charge in [0, 0.05) is 42.3 Å². The summed E-state index contributed by atoms with van der Waals surface area (Å²) >= 11 is 8.41. The Balaban J connectivity index is 1.23. The molecule has 0 N–H and O–H groups in total. The van der Waals surface area contributed by atoms with Crippen LogP contribution in [0.25, 0.3) is 0 Å². The summed E-state index contributed by atoms with van der Waals surface area (Å²) in [6.07, 6.45) is 5.12. The van der Waals surface area contributed by atoms with Crippen molar-refractivity contribution in [3.8, 4) is 0 Å². The van der Waals surface area contributed by atoms with Crippen molar-refractivity contribution in [3.05, 3.63) is 58.6 Å². The highest BCUT2D eigenvalue weighted by Crippen LogP contribution is 2.42. The molecule has 2 aromatic carbocycles. The molecule has 4 aliphatic rings. The van der Waals surface area contributed by atoms with Gasteiger partial charge in [-0.15, -0.1) is 11.8 Å². The van der Waals surface area contributed by atoms with E-state index in [2.05, 4.69) is 46.2 Å². The molecule has 1 saturated heterocycles. The molecule has 1 amide bonds. The van der Waals surface area contributed by atoms with Gasteiger partial charge in [-0.1, -0.05) is 35.9 Å². The second kappa shape index (κ2) is 8.02. The molecule has 6 heteroatoms. The van der Waals surface area contributed by atoms with Crippen LogP contribution in [0.2, 0.25) is 5.02 Å². The van der Waals surface area contributed by atoms with Gasteiger partial charge in [0.25, 0.3) is 0 Å². The average molecular weight is 454 g/mol. The predicted molar refractivity (Wildman–Crippen MR) is 129 cm³/mol. The molecule has 6 rings (SSSR count). The first kappa shape index (κ1) is 20.0. The number of hydrogen-bond donors (Lipinski definition) is 0. The maximum absolute atomic E-state index is 13.7. The highest BCUT2D eigenvalue weighted by molar-refractivity contribution is 7.99. The Bertz CT molecular complexity index is 1010. The third kappa shape index (κ3) is 3.85. The van der Waals surface area contributed by atoms with E-state index in [1.165, 1.54) is 36.9 Å². The Morgan fingerprint density at radius 2 is 1.84 bits per heavy atom. The monoisotopic (exact) mass is 453 g/mol. The van der Waals surface area contributed by atoms with Crippen LogP contribution >= 0.6 is 23.4 Å². The first-order chi connectivity index (χ1) is 15.2. The Kier molecular flexibility index (Phi) is 5.16. The minimum Gasteiger partial charge on any atom is -0.365 e. The molecule has 2 saturated carbocycles. The summed E-state index contributed by atoms with van der Waals surface area (Å²) in [4.78, 5) is 20.6. The first-order valence-corrected chi connectivity index (χ1v) is 13.0. The van der Waals surface area contributed by atoms with Gasteiger partial charge < -0.3 is 9.80 Å². The van der Waals surface area contributed by atoms with E-state index in [9.17, 15) is 4.79 Å². The molecule has 2 aliphatic heterocycles. The minimum atomic E-state index is -0.0915. The zero-order chi connectivity index (χ0) is 20.9. The fourth-order valence-corrected chi connectivity index (χ4v) is 6.39. The topological polar surface area (TPSA) is 26.8 Å². The summed E-state index contributed by atoms with van der Waals surface area (Å²) in [6, 6.07) is 15.5. The zero-order valence-corrected chi connectivity index (χ0v) is 19.2. The number of amides is 1.